The van der Waals surface area contributed by atoms with E-state index in [9.17, 15) is 5.11 Å². The first-order chi connectivity index (χ1) is 5.57. The maximum Gasteiger partial charge on any atom is 0.224 e. The van der Waals surface area contributed by atoms with E-state index in [0.29, 0.717) is 5.88 Å². The van der Waals surface area contributed by atoms with Gasteiger partial charge in [-0.2, -0.15) is 0 Å². The van der Waals surface area contributed by atoms with Gasteiger partial charge >= 0.3 is 0 Å². The maximum atomic E-state index is 9.69. The predicted molar refractivity (Wildman–Crippen MR) is 47.8 cm³/mol. The van der Waals surface area contributed by atoms with Crippen LogP contribution < -0.4 is 5.53 Å². The Hall–Kier alpha value is -0.900. The van der Waals surface area contributed by atoms with E-state index in [1.807, 2.05) is 32.8 Å². The molecule has 0 saturated carbocycles. The fraction of sp³-hybridized carbons (Fsp3) is 0.750. The second-order valence-electron chi connectivity index (χ2n) is 3.25. The molecular formula is C8H17N3O. The zero-order valence-corrected chi connectivity index (χ0v) is 8.13. The Kier molecular flexibility index (Phi) is 2.47. The molecule has 0 atom stereocenters. The zero-order chi connectivity index (χ0) is 9.30. The third kappa shape index (κ3) is 1.34. The Balaban J connectivity index is 2.81. The topological polar surface area (TPSA) is 38.7 Å². The largest absolute Gasteiger partial charge is 0.492 e. The molecule has 1 rings (SSSR count). The highest BCUT2D eigenvalue weighted by molar-refractivity contribution is 5.08. The highest BCUT2D eigenvalue weighted by atomic mass is 16.3. The fourth-order valence-electron chi connectivity index (χ4n) is 1.31. The van der Waals surface area contributed by atoms with E-state index in [0.717, 1.165) is 12.1 Å². The molecule has 0 aromatic heterocycles. The van der Waals surface area contributed by atoms with Crippen LogP contribution in [0.1, 0.15) is 27.2 Å². The average molecular weight is 171 g/mol. The van der Waals surface area contributed by atoms with Crippen molar-refractivity contribution in [3.63, 3.8) is 0 Å². The van der Waals surface area contributed by atoms with Crippen LogP contribution in [0.25, 0.3) is 0 Å². The highest BCUT2D eigenvalue weighted by Gasteiger charge is 2.26. The van der Waals surface area contributed by atoms with Crippen molar-refractivity contribution in [3.05, 3.63) is 11.6 Å². The molecule has 4 heteroatoms. The van der Waals surface area contributed by atoms with Gasteiger partial charge in [-0.25, -0.2) is 0 Å². The summed E-state index contributed by atoms with van der Waals surface area (Å²) < 4.78 is 0. The SMILES string of the molecule is CCC1=C(O)N(C(C)C)NN1C. The van der Waals surface area contributed by atoms with Crippen LogP contribution in [-0.4, -0.2) is 28.2 Å². The standard InChI is InChI=1S/C8H17N3O/c1-5-7-8(12)11(6(2)3)9-10(7)4/h6,9,12H,5H2,1-4H3. The minimum absolute atomic E-state index is 0.261. The van der Waals surface area contributed by atoms with Crippen molar-refractivity contribution in [3.8, 4) is 0 Å². The Morgan fingerprint density at radius 2 is 2.08 bits per heavy atom. The van der Waals surface area contributed by atoms with Crippen molar-refractivity contribution in [2.24, 2.45) is 0 Å². The lowest BCUT2D eigenvalue weighted by Gasteiger charge is -2.23. The van der Waals surface area contributed by atoms with Crippen LogP contribution in [-0.2, 0) is 0 Å². The first kappa shape index (κ1) is 9.19. The van der Waals surface area contributed by atoms with Crippen molar-refractivity contribution in [1.82, 2.24) is 15.6 Å². The lowest BCUT2D eigenvalue weighted by atomic mass is 10.3. The van der Waals surface area contributed by atoms with Crippen LogP contribution in [0.4, 0.5) is 0 Å². The smallest absolute Gasteiger partial charge is 0.224 e. The summed E-state index contributed by atoms with van der Waals surface area (Å²) in [5.41, 5.74) is 3.98. The highest BCUT2D eigenvalue weighted by Crippen LogP contribution is 2.20. The molecule has 4 nitrogen and oxygen atoms in total. The van der Waals surface area contributed by atoms with E-state index in [1.165, 1.54) is 0 Å². The lowest BCUT2D eigenvalue weighted by molar-refractivity contribution is 0.0748. The summed E-state index contributed by atoms with van der Waals surface area (Å²) in [5.74, 6) is 0.343. The summed E-state index contributed by atoms with van der Waals surface area (Å²) >= 11 is 0. The number of nitrogens with one attached hydrogen (secondary N) is 1. The number of hydrogen-bond donors (Lipinski definition) is 2. The molecule has 12 heavy (non-hydrogen) atoms. The molecule has 0 radical (unpaired) electrons. The summed E-state index contributed by atoms with van der Waals surface area (Å²) in [6.07, 6.45) is 0.832. The van der Waals surface area contributed by atoms with Gasteiger partial charge in [-0.05, 0) is 20.3 Å². The van der Waals surface area contributed by atoms with Crippen molar-refractivity contribution in [1.29, 1.82) is 0 Å². The number of aliphatic hydroxyl groups excluding tert-OH is 1. The molecule has 70 valence electrons. The van der Waals surface area contributed by atoms with Gasteiger partial charge in [-0.1, -0.05) is 6.92 Å². The first-order valence-electron chi connectivity index (χ1n) is 4.29. The Morgan fingerprint density at radius 3 is 2.33 bits per heavy atom. The molecule has 1 heterocycles. The Bertz CT molecular complexity index is 200. The second-order valence-corrected chi connectivity index (χ2v) is 3.25. The van der Waals surface area contributed by atoms with Crippen LogP contribution in [0.15, 0.2) is 11.6 Å². The molecule has 0 bridgehead atoms. The summed E-state index contributed by atoms with van der Waals surface area (Å²) in [6, 6.07) is 0.261. The lowest BCUT2D eigenvalue weighted by Crippen LogP contribution is -2.43. The van der Waals surface area contributed by atoms with Crippen molar-refractivity contribution in [2.45, 2.75) is 33.2 Å². The van der Waals surface area contributed by atoms with E-state index in [4.69, 9.17) is 0 Å². The van der Waals surface area contributed by atoms with E-state index in [1.54, 1.807) is 5.01 Å². The third-order valence-corrected chi connectivity index (χ3v) is 2.00. The van der Waals surface area contributed by atoms with Crippen molar-refractivity contribution < 1.29 is 5.11 Å². The molecule has 0 spiro atoms. The summed E-state index contributed by atoms with van der Waals surface area (Å²) in [5, 5.41) is 13.3. The van der Waals surface area contributed by atoms with Gasteiger partial charge in [0.1, 0.15) is 0 Å². The number of allylic oxidation sites excluding steroid dienone is 1. The second kappa shape index (κ2) is 3.23. The van der Waals surface area contributed by atoms with E-state index in [-0.39, 0.29) is 6.04 Å². The number of rotatable bonds is 2. The molecule has 0 aliphatic carbocycles. The number of hydrazine groups is 2. The monoisotopic (exact) mass is 171 g/mol. The van der Waals surface area contributed by atoms with Gasteiger partial charge in [0.25, 0.3) is 0 Å². The Labute approximate surface area is 73.4 Å². The molecule has 1 aliphatic heterocycles. The van der Waals surface area contributed by atoms with Crippen LogP contribution in [0, 0.1) is 0 Å². The molecule has 0 aromatic carbocycles. The fourth-order valence-corrected chi connectivity index (χ4v) is 1.31. The third-order valence-electron chi connectivity index (χ3n) is 2.00. The summed E-state index contributed by atoms with van der Waals surface area (Å²) in [6.45, 7) is 6.07. The first-order valence-corrected chi connectivity index (χ1v) is 4.29. The molecule has 0 unspecified atom stereocenters. The molecule has 0 aromatic rings. The number of nitrogens with zero attached hydrogens (tertiary/aromatic N) is 2. The van der Waals surface area contributed by atoms with Crippen LogP contribution in [0.5, 0.6) is 0 Å². The summed E-state index contributed by atoms with van der Waals surface area (Å²) in [7, 11) is 1.90. The minimum atomic E-state index is 0.261. The normalized spacial score (nSPS) is 18.4. The Morgan fingerprint density at radius 1 is 1.50 bits per heavy atom. The predicted octanol–water partition coefficient (Wildman–Crippen LogP) is 1.20. The van der Waals surface area contributed by atoms with Crippen molar-refractivity contribution in [2.75, 3.05) is 7.05 Å². The minimum Gasteiger partial charge on any atom is -0.492 e. The van der Waals surface area contributed by atoms with E-state index in [2.05, 4.69) is 5.53 Å². The van der Waals surface area contributed by atoms with Gasteiger partial charge in [-0.3, -0.25) is 10.0 Å². The van der Waals surface area contributed by atoms with E-state index < -0.39 is 0 Å². The summed E-state index contributed by atoms with van der Waals surface area (Å²) in [4.78, 5) is 0. The van der Waals surface area contributed by atoms with Crippen LogP contribution in [0.2, 0.25) is 0 Å². The average Bonchev–Trinajstić information content (AvgIpc) is 2.27. The van der Waals surface area contributed by atoms with Gasteiger partial charge in [0.05, 0.1) is 5.70 Å². The van der Waals surface area contributed by atoms with Gasteiger partial charge in [0.15, 0.2) is 0 Å². The molecular weight excluding hydrogens is 154 g/mol. The van der Waals surface area contributed by atoms with Crippen LogP contribution >= 0.6 is 0 Å². The van der Waals surface area contributed by atoms with Gasteiger partial charge in [0.2, 0.25) is 5.88 Å². The number of hydrogen-bond acceptors (Lipinski definition) is 4. The van der Waals surface area contributed by atoms with Crippen molar-refractivity contribution >= 4 is 0 Å². The molecule has 0 saturated heterocycles. The van der Waals surface area contributed by atoms with E-state index >= 15 is 0 Å². The van der Waals surface area contributed by atoms with Gasteiger partial charge < -0.3 is 5.11 Å². The molecule has 0 fully saturated rings. The molecule has 1 aliphatic rings. The van der Waals surface area contributed by atoms with Crippen LogP contribution in [0.3, 0.4) is 0 Å². The maximum absolute atomic E-state index is 9.69. The number of aliphatic hydroxyl groups is 1. The molecule has 2 N–H and O–H groups in total. The zero-order valence-electron chi connectivity index (χ0n) is 8.13. The van der Waals surface area contributed by atoms with Gasteiger partial charge in [0, 0.05) is 13.1 Å². The quantitative estimate of drug-likeness (QED) is 0.655. The molecule has 0 amide bonds. The van der Waals surface area contributed by atoms with Gasteiger partial charge in [-0.15, -0.1) is 5.53 Å².